The Bertz CT molecular complexity index is 758. The second-order valence-corrected chi connectivity index (χ2v) is 7.74. The molecular weight excluding hydrogens is 319 g/mol. The first-order chi connectivity index (χ1) is 11.8. The third-order valence-electron chi connectivity index (χ3n) is 4.70. The van der Waals surface area contributed by atoms with Crippen LogP contribution in [-0.2, 0) is 4.74 Å². The minimum Gasteiger partial charge on any atom is -0.444 e. The van der Waals surface area contributed by atoms with Gasteiger partial charge >= 0.3 is 6.09 Å². The van der Waals surface area contributed by atoms with Gasteiger partial charge in [-0.15, -0.1) is 0 Å². The van der Waals surface area contributed by atoms with Gasteiger partial charge in [0, 0.05) is 6.04 Å². The average Bonchev–Trinajstić information content (AvgIpc) is 2.52. The van der Waals surface area contributed by atoms with E-state index < -0.39 is 11.4 Å². The summed E-state index contributed by atoms with van der Waals surface area (Å²) in [5.74, 6) is -0.502. The predicted octanol–water partition coefficient (Wildman–Crippen LogP) is 4.64. The fraction of sp³-hybridized carbons (Fsp3) is 0.500. The maximum Gasteiger partial charge on any atom is 0.411 e. The standard InChI is InChI=1S/C20H23FN2O2/c1-20(2,3)25-19(24)23-16-5-4-6-17(23)11-14(10-16)13-7-8-18(21)15(9-13)12-22/h7-10,16-17H,4-6,11H2,1-3H3. The number of carbonyl (C=O) groups excluding carboxylic acids is 1. The maximum absolute atomic E-state index is 13.6. The number of carbonyl (C=O) groups is 1. The smallest absolute Gasteiger partial charge is 0.411 e. The fourth-order valence-electron chi connectivity index (χ4n) is 3.65. The van der Waals surface area contributed by atoms with E-state index in [-0.39, 0.29) is 23.7 Å². The summed E-state index contributed by atoms with van der Waals surface area (Å²) < 4.78 is 19.2. The molecule has 1 aromatic carbocycles. The summed E-state index contributed by atoms with van der Waals surface area (Å²) >= 11 is 0. The number of halogens is 1. The van der Waals surface area contributed by atoms with Crippen molar-refractivity contribution in [2.75, 3.05) is 0 Å². The van der Waals surface area contributed by atoms with Crippen LogP contribution in [0.2, 0.25) is 0 Å². The molecule has 1 amide bonds. The first-order valence-electron chi connectivity index (χ1n) is 8.70. The van der Waals surface area contributed by atoms with E-state index in [1.165, 1.54) is 6.07 Å². The largest absolute Gasteiger partial charge is 0.444 e. The van der Waals surface area contributed by atoms with Gasteiger partial charge in [0.25, 0.3) is 0 Å². The van der Waals surface area contributed by atoms with Crippen molar-refractivity contribution in [3.8, 4) is 6.07 Å². The van der Waals surface area contributed by atoms with E-state index in [4.69, 9.17) is 10.00 Å². The Morgan fingerprint density at radius 2 is 2.12 bits per heavy atom. The summed E-state index contributed by atoms with van der Waals surface area (Å²) in [6.45, 7) is 5.61. The summed E-state index contributed by atoms with van der Waals surface area (Å²) in [5, 5.41) is 9.05. The Kier molecular flexibility index (Phi) is 4.55. The number of nitriles is 1. The molecule has 0 saturated carbocycles. The van der Waals surface area contributed by atoms with Crippen LogP contribution in [0.15, 0.2) is 24.3 Å². The van der Waals surface area contributed by atoms with Crippen LogP contribution in [0.5, 0.6) is 0 Å². The maximum atomic E-state index is 13.6. The van der Waals surface area contributed by atoms with Crippen LogP contribution < -0.4 is 0 Å². The van der Waals surface area contributed by atoms with Crippen LogP contribution >= 0.6 is 0 Å². The van der Waals surface area contributed by atoms with Crippen molar-refractivity contribution in [3.05, 3.63) is 41.2 Å². The van der Waals surface area contributed by atoms with E-state index in [2.05, 4.69) is 6.08 Å². The SMILES string of the molecule is CC(C)(C)OC(=O)N1C2C=C(c3ccc(F)c(C#N)c3)CC1CCC2. The molecule has 5 heteroatoms. The molecule has 2 unspecified atom stereocenters. The second-order valence-electron chi connectivity index (χ2n) is 7.74. The summed E-state index contributed by atoms with van der Waals surface area (Å²) in [6, 6.07) is 6.62. The zero-order chi connectivity index (χ0) is 18.2. The molecule has 25 heavy (non-hydrogen) atoms. The lowest BCUT2D eigenvalue weighted by Gasteiger charge is -2.45. The number of ether oxygens (including phenoxy) is 1. The van der Waals surface area contributed by atoms with E-state index >= 15 is 0 Å². The van der Waals surface area contributed by atoms with E-state index in [1.54, 1.807) is 12.1 Å². The number of hydrogen-bond acceptors (Lipinski definition) is 3. The van der Waals surface area contributed by atoms with Gasteiger partial charge in [0.1, 0.15) is 17.5 Å². The summed E-state index contributed by atoms with van der Waals surface area (Å²) in [6.07, 6.45) is 5.41. The Morgan fingerprint density at radius 3 is 2.76 bits per heavy atom. The van der Waals surface area contributed by atoms with Gasteiger partial charge in [-0.2, -0.15) is 5.26 Å². The third-order valence-corrected chi connectivity index (χ3v) is 4.70. The average molecular weight is 342 g/mol. The molecule has 132 valence electrons. The minimum atomic E-state index is -0.520. The molecule has 0 N–H and O–H groups in total. The highest BCUT2D eigenvalue weighted by molar-refractivity contribution is 5.75. The second kappa shape index (κ2) is 6.51. The van der Waals surface area contributed by atoms with Gasteiger partial charge in [-0.1, -0.05) is 12.1 Å². The Hall–Kier alpha value is -2.35. The normalized spacial score (nSPS) is 22.8. The fourth-order valence-corrected chi connectivity index (χ4v) is 3.65. The molecule has 1 saturated heterocycles. The van der Waals surface area contributed by atoms with Gasteiger partial charge in [0.2, 0.25) is 0 Å². The quantitative estimate of drug-likeness (QED) is 0.747. The molecule has 0 spiro atoms. The first-order valence-corrected chi connectivity index (χ1v) is 8.70. The predicted molar refractivity (Wildman–Crippen MR) is 93.2 cm³/mol. The zero-order valence-electron chi connectivity index (χ0n) is 14.9. The van der Waals surface area contributed by atoms with Crippen LogP contribution in [0.4, 0.5) is 9.18 Å². The van der Waals surface area contributed by atoms with Gasteiger partial charge in [0.15, 0.2) is 0 Å². The van der Waals surface area contributed by atoms with Gasteiger partial charge < -0.3 is 4.74 Å². The first kappa shape index (κ1) is 17.5. The van der Waals surface area contributed by atoms with Gasteiger partial charge in [-0.05, 0) is 69.7 Å². The molecule has 1 aromatic rings. The molecular formula is C20H23FN2O2. The molecule has 2 bridgehead atoms. The molecule has 2 atom stereocenters. The van der Waals surface area contributed by atoms with Crippen molar-refractivity contribution in [1.29, 1.82) is 5.26 Å². The van der Waals surface area contributed by atoms with E-state index in [1.807, 2.05) is 31.7 Å². The highest BCUT2D eigenvalue weighted by Gasteiger charge is 2.39. The Morgan fingerprint density at radius 1 is 1.36 bits per heavy atom. The number of piperidine rings is 1. The van der Waals surface area contributed by atoms with E-state index in [9.17, 15) is 9.18 Å². The molecule has 1 fully saturated rings. The molecule has 2 aliphatic heterocycles. The number of benzene rings is 1. The van der Waals surface area contributed by atoms with E-state index in [0.29, 0.717) is 6.42 Å². The number of amides is 1. The number of rotatable bonds is 1. The number of fused-ring (bicyclic) bond motifs is 2. The van der Waals surface area contributed by atoms with Crippen LogP contribution in [0, 0.1) is 17.1 Å². The molecule has 2 aliphatic rings. The molecule has 2 heterocycles. The Balaban J connectivity index is 1.89. The van der Waals surface area contributed by atoms with Crippen molar-refractivity contribution in [1.82, 2.24) is 4.90 Å². The van der Waals surface area contributed by atoms with Crippen LogP contribution in [0.3, 0.4) is 0 Å². The van der Waals surface area contributed by atoms with Crippen molar-refractivity contribution < 1.29 is 13.9 Å². The summed E-state index contributed by atoms with van der Waals surface area (Å²) in [4.78, 5) is 14.5. The van der Waals surface area contributed by atoms with Gasteiger partial charge in [-0.3, -0.25) is 4.90 Å². The molecule has 0 aliphatic carbocycles. The highest BCUT2D eigenvalue weighted by Crippen LogP contribution is 2.38. The van der Waals surface area contributed by atoms with Crippen LogP contribution in [0.25, 0.3) is 5.57 Å². The van der Waals surface area contributed by atoms with Crippen molar-refractivity contribution >= 4 is 11.7 Å². The third kappa shape index (κ3) is 3.68. The van der Waals surface area contributed by atoms with Crippen molar-refractivity contribution in [3.63, 3.8) is 0 Å². The molecule has 0 aromatic heterocycles. The van der Waals surface area contributed by atoms with Crippen LogP contribution in [0.1, 0.15) is 57.6 Å². The lowest BCUT2D eigenvalue weighted by Crippen LogP contribution is -2.53. The van der Waals surface area contributed by atoms with Crippen molar-refractivity contribution in [2.45, 2.75) is 64.1 Å². The van der Waals surface area contributed by atoms with Gasteiger partial charge in [0.05, 0.1) is 11.6 Å². The summed E-state index contributed by atoms with van der Waals surface area (Å²) in [7, 11) is 0. The van der Waals surface area contributed by atoms with Crippen LogP contribution in [-0.4, -0.2) is 28.7 Å². The number of nitrogens with zero attached hydrogens (tertiary/aromatic N) is 2. The molecule has 4 nitrogen and oxygen atoms in total. The van der Waals surface area contributed by atoms with Crippen molar-refractivity contribution in [2.24, 2.45) is 0 Å². The summed E-state index contributed by atoms with van der Waals surface area (Å²) in [5.41, 5.74) is 1.47. The van der Waals surface area contributed by atoms with E-state index in [0.717, 1.165) is 30.4 Å². The topological polar surface area (TPSA) is 53.3 Å². The number of hydrogen-bond donors (Lipinski definition) is 0. The lowest BCUT2D eigenvalue weighted by atomic mass is 9.83. The lowest BCUT2D eigenvalue weighted by molar-refractivity contribution is 0.0000853. The molecule has 3 rings (SSSR count). The van der Waals surface area contributed by atoms with Gasteiger partial charge in [-0.25, -0.2) is 9.18 Å². The highest BCUT2D eigenvalue weighted by atomic mass is 19.1. The minimum absolute atomic E-state index is 0.00654. The Labute approximate surface area is 147 Å². The molecule has 0 radical (unpaired) electrons. The zero-order valence-corrected chi connectivity index (χ0v) is 14.9. The monoisotopic (exact) mass is 342 g/mol.